The lowest BCUT2D eigenvalue weighted by Crippen LogP contribution is -2.36. The van der Waals surface area contributed by atoms with E-state index in [2.05, 4.69) is 0 Å². The smallest absolute Gasteiger partial charge is 0.374 e. The minimum Gasteiger partial charge on any atom is -0.456 e. The maximum atomic E-state index is 11.6. The van der Waals surface area contributed by atoms with Crippen LogP contribution < -0.4 is 14.2 Å². The molecule has 262 valence electrons. The first-order valence-electron chi connectivity index (χ1n) is 16.4. The second kappa shape index (κ2) is 12.6. The number of hydrogen-bond donors (Lipinski definition) is 2. The van der Waals surface area contributed by atoms with Crippen molar-refractivity contribution in [3.8, 4) is 5.75 Å². The Morgan fingerprint density at radius 2 is 1.37 bits per heavy atom. The molecule has 0 aliphatic carbocycles. The lowest BCUT2D eigenvalue weighted by Gasteiger charge is -2.18. The summed E-state index contributed by atoms with van der Waals surface area (Å²) in [5.41, 5.74) is 5.54. The third-order valence-electron chi connectivity index (χ3n) is 9.05. The SMILES string of the molecule is CCC(/C=C1\Oc2cc3oc4ccccc4c3cc2N1CCCS(=O)(=O)O)=C\c1oc2cc3oc4ccccc4c3cc2[n+]1CCCS(=O)(=O)O. The summed E-state index contributed by atoms with van der Waals surface area (Å²) in [6, 6.07) is 22.9. The molecule has 2 N–H and O–H groups in total. The monoisotopic (exact) mass is 729 g/mol. The van der Waals surface area contributed by atoms with E-state index in [-0.39, 0.29) is 25.9 Å². The molecule has 0 bridgehead atoms. The molecule has 0 fully saturated rings. The summed E-state index contributed by atoms with van der Waals surface area (Å²) in [6.45, 7) is 2.45. The molecule has 0 saturated carbocycles. The number of benzene rings is 4. The fourth-order valence-corrected chi connectivity index (χ4v) is 7.68. The number of ether oxygens (including phenoxy) is 1. The van der Waals surface area contributed by atoms with Crippen LogP contribution >= 0.6 is 0 Å². The Bertz CT molecular complexity index is 2790. The highest BCUT2D eigenvalue weighted by atomic mass is 32.2. The lowest BCUT2D eigenvalue weighted by atomic mass is 10.1. The summed E-state index contributed by atoms with van der Waals surface area (Å²) in [7, 11) is -8.36. The molecule has 4 heterocycles. The number of para-hydroxylation sites is 2. The number of fused-ring (bicyclic) bond motifs is 8. The lowest BCUT2D eigenvalue weighted by molar-refractivity contribution is -0.677. The van der Waals surface area contributed by atoms with E-state index in [1.165, 1.54) is 0 Å². The summed E-state index contributed by atoms with van der Waals surface area (Å²) < 4.78 is 92.1. The normalized spacial score (nSPS) is 14.9. The van der Waals surface area contributed by atoms with Gasteiger partial charge in [-0.15, -0.1) is 0 Å². The molecule has 14 heteroatoms. The standard InChI is InChI=1S/C37H32N2O10S2/c1-2-23(17-36-38(13-7-15-50(40,41)42)28-19-26-24-9-3-5-11-30(24)46-32(26)21-34(28)48-36)18-37-39(14-8-16-51(43,44)45)29-20-27-25-10-4-6-12-31(25)47-33(27)22-35(29)49-37/h3-6,9-12,17-22H,2,7-8,13-16H2,1H3,(H-,40,41,42,43,44,45)/p+1. The highest BCUT2D eigenvalue weighted by Crippen LogP contribution is 2.44. The number of allylic oxidation sites excluding steroid dienone is 2. The van der Waals surface area contributed by atoms with Crippen LogP contribution in [-0.4, -0.2) is 44.0 Å². The van der Waals surface area contributed by atoms with Crippen LogP contribution in [0.25, 0.3) is 61.1 Å². The van der Waals surface area contributed by atoms with Crippen LogP contribution in [-0.2, 0) is 26.8 Å². The third-order valence-corrected chi connectivity index (χ3v) is 10.7. The first-order valence-corrected chi connectivity index (χ1v) is 19.7. The van der Waals surface area contributed by atoms with Crippen LogP contribution in [0.1, 0.15) is 32.1 Å². The predicted molar refractivity (Wildman–Crippen MR) is 194 cm³/mol. The van der Waals surface area contributed by atoms with Crippen molar-refractivity contribution in [2.45, 2.75) is 32.7 Å². The van der Waals surface area contributed by atoms with Gasteiger partial charge in [-0.25, -0.2) is 0 Å². The van der Waals surface area contributed by atoms with Gasteiger partial charge >= 0.3 is 5.89 Å². The van der Waals surface area contributed by atoms with Gasteiger partial charge in [0.05, 0.1) is 23.3 Å². The van der Waals surface area contributed by atoms with Crippen molar-refractivity contribution >= 4 is 87.0 Å². The molecular formula is C37H33N2O10S2+. The Morgan fingerprint density at radius 1 is 0.745 bits per heavy atom. The topological polar surface area (TPSA) is 165 Å². The van der Waals surface area contributed by atoms with Crippen LogP contribution in [0, 0.1) is 0 Å². The zero-order chi connectivity index (χ0) is 35.5. The fraction of sp³-hybridized carbons (Fsp3) is 0.216. The first kappa shape index (κ1) is 33.0. The van der Waals surface area contributed by atoms with Gasteiger partial charge in [-0.05, 0) is 36.6 Å². The maximum Gasteiger partial charge on any atom is 0.374 e. The van der Waals surface area contributed by atoms with E-state index in [9.17, 15) is 25.9 Å². The average molecular weight is 730 g/mol. The molecule has 0 unspecified atom stereocenters. The van der Waals surface area contributed by atoms with Crippen LogP contribution in [0.3, 0.4) is 0 Å². The molecule has 3 aromatic heterocycles. The van der Waals surface area contributed by atoms with Crippen molar-refractivity contribution < 1.29 is 48.5 Å². The Kier molecular flexibility index (Phi) is 8.13. The zero-order valence-electron chi connectivity index (χ0n) is 27.4. The molecule has 0 atom stereocenters. The number of hydrogen-bond acceptors (Lipinski definition) is 9. The van der Waals surface area contributed by atoms with E-state index in [0.717, 1.165) is 49.5 Å². The molecule has 8 rings (SSSR count). The highest BCUT2D eigenvalue weighted by Gasteiger charge is 2.30. The number of nitrogens with zero attached hydrogens (tertiary/aromatic N) is 2. The number of furan rings is 2. The number of oxazole rings is 1. The van der Waals surface area contributed by atoms with Crippen LogP contribution in [0.4, 0.5) is 5.69 Å². The van der Waals surface area contributed by atoms with Crippen molar-refractivity contribution in [1.29, 1.82) is 0 Å². The van der Waals surface area contributed by atoms with Gasteiger partial charge in [0, 0.05) is 58.8 Å². The molecule has 51 heavy (non-hydrogen) atoms. The number of anilines is 1. The minimum absolute atomic E-state index is 0.140. The molecular weight excluding hydrogens is 697 g/mol. The maximum absolute atomic E-state index is 11.6. The largest absolute Gasteiger partial charge is 0.456 e. The van der Waals surface area contributed by atoms with E-state index in [0.29, 0.717) is 40.7 Å². The summed E-state index contributed by atoms with van der Waals surface area (Å²) >= 11 is 0. The van der Waals surface area contributed by atoms with Crippen LogP contribution in [0.15, 0.2) is 104 Å². The molecule has 4 aromatic carbocycles. The van der Waals surface area contributed by atoms with Gasteiger partial charge in [0.1, 0.15) is 22.3 Å². The number of aryl methyl sites for hydroxylation is 1. The molecule has 0 spiro atoms. The van der Waals surface area contributed by atoms with Gasteiger partial charge in [-0.2, -0.15) is 21.4 Å². The highest BCUT2D eigenvalue weighted by molar-refractivity contribution is 7.86. The van der Waals surface area contributed by atoms with Crippen LogP contribution in [0.2, 0.25) is 0 Å². The van der Waals surface area contributed by atoms with Gasteiger partial charge in [0.15, 0.2) is 12.3 Å². The molecule has 12 nitrogen and oxygen atoms in total. The van der Waals surface area contributed by atoms with E-state index in [1.54, 1.807) is 0 Å². The second-order valence-electron chi connectivity index (χ2n) is 12.5. The number of aromatic nitrogens is 1. The van der Waals surface area contributed by atoms with Gasteiger partial charge in [-0.3, -0.25) is 9.11 Å². The van der Waals surface area contributed by atoms with Crippen LogP contribution in [0.5, 0.6) is 5.75 Å². The average Bonchev–Trinajstić information content (AvgIpc) is 3.81. The van der Waals surface area contributed by atoms with Crippen molar-refractivity contribution in [3.63, 3.8) is 0 Å². The summed E-state index contributed by atoms with van der Waals surface area (Å²) in [6.07, 6.45) is 4.53. The Hall–Kier alpha value is -5.15. The summed E-state index contributed by atoms with van der Waals surface area (Å²) in [5, 5.41) is 3.63. The van der Waals surface area contributed by atoms with Crippen molar-refractivity contribution in [3.05, 3.63) is 96.2 Å². The van der Waals surface area contributed by atoms with E-state index < -0.39 is 31.7 Å². The fourth-order valence-electron chi connectivity index (χ4n) is 6.69. The molecule has 1 aliphatic rings. The second-order valence-corrected chi connectivity index (χ2v) is 15.7. The van der Waals surface area contributed by atoms with Gasteiger partial charge in [-0.1, -0.05) is 43.3 Å². The van der Waals surface area contributed by atoms with E-state index in [1.807, 2.05) is 101 Å². The Balaban J connectivity index is 1.22. The quantitative estimate of drug-likeness (QED) is 0.0995. The summed E-state index contributed by atoms with van der Waals surface area (Å²) in [4.78, 5) is 1.88. The van der Waals surface area contributed by atoms with Crippen molar-refractivity contribution in [2.24, 2.45) is 0 Å². The third kappa shape index (κ3) is 6.47. The van der Waals surface area contributed by atoms with E-state index in [4.69, 9.17) is 18.0 Å². The predicted octanol–water partition coefficient (Wildman–Crippen LogP) is 7.61. The molecule has 0 saturated heterocycles. The zero-order valence-corrected chi connectivity index (χ0v) is 29.0. The molecule has 0 amide bonds. The summed E-state index contributed by atoms with van der Waals surface area (Å²) in [5.74, 6) is 0.598. The minimum atomic E-state index is -4.18. The molecule has 7 aromatic rings. The van der Waals surface area contributed by atoms with E-state index >= 15 is 0 Å². The Morgan fingerprint density at radius 3 is 2.04 bits per heavy atom. The van der Waals surface area contributed by atoms with Gasteiger partial charge in [0.25, 0.3) is 25.8 Å². The number of rotatable bonds is 11. The first-order chi connectivity index (χ1) is 24.4. The molecule has 0 radical (unpaired) electrons. The molecule has 1 aliphatic heterocycles. The van der Waals surface area contributed by atoms with Crippen molar-refractivity contribution in [1.82, 2.24) is 0 Å². The Labute approximate surface area is 292 Å². The van der Waals surface area contributed by atoms with Gasteiger partial charge in [0.2, 0.25) is 11.5 Å². The van der Waals surface area contributed by atoms with Crippen molar-refractivity contribution in [2.75, 3.05) is 23.0 Å². The van der Waals surface area contributed by atoms with Gasteiger partial charge < -0.3 is 22.9 Å².